The number of benzene rings is 2. The van der Waals surface area contributed by atoms with Gasteiger partial charge in [-0.1, -0.05) is 18.2 Å². The van der Waals surface area contributed by atoms with Crippen LogP contribution < -0.4 is 4.90 Å². The summed E-state index contributed by atoms with van der Waals surface area (Å²) < 4.78 is 0. The normalized spacial score (nSPS) is 16.9. The number of anilines is 1. The topological polar surface area (TPSA) is 58.7 Å². The Labute approximate surface area is 224 Å². The van der Waals surface area contributed by atoms with E-state index in [2.05, 4.69) is 72.0 Å². The summed E-state index contributed by atoms with van der Waals surface area (Å²) in [5, 5.41) is 1.08. The number of amides is 1. The number of H-pyrrole nitrogens is 1. The van der Waals surface area contributed by atoms with Gasteiger partial charge < -0.3 is 24.6 Å². The Kier molecular flexibility index (Phi) is 6.41. The van der Waals surface area contributed by atoms with Crippen LogP contribution in [0.1, 0.15) is 15.9 Å². The molecule has 0 spiro atoms. The number of likely N-dealkylation sites (tertiary alicyclic amines) is 1. The zero-order valence-electron chi connectivity index (χ0n) is 22.7. The van der Waals surface area contributed by atoms with E-state index in [0.29, 0.717) is 6.04 Å². The van der Waals surface area contributed by atoms with Gasteiger partial charge in [0.25, 0.3) is 5.91 Å². The average Bonchev–Trinajstić information content (AvgIpc) is 3.31. The maximum Gasteiger partial charge on any atom is 0.253 e. The largest absolute Gasteiger partial charge is 0.369 e. The van der Waals surface area contributed by atoms with Crippen LogP contribution in [0.2, 0.25) is 0 Å². The lowest BCUT2D eigenvalue weighted by Gasteiger charge is -2.42. The lowest BCUT2D eigenvalue weighted by molar-refractivity contribution is 0.0399. The molecule has 2 aromatic carbocycles. The van der Waals surface area contributed by atoms with Crippen LogP contribution in [0.15, 0.2) is 60.9 Å². The molecule has 38 heavy (non-hydrogen) atoms. The standard InChI is InChI=1S/C31H36N6O/c1-21-15-24(9-10-29(21)36-13-11-35(4)12-14-36)25-16-27-28(18-33-30(27)32-17-25)22-5-7-23(8-6-22)31(38)37-19-26(20-37)34(2)3/h5-10,15-18,26H,11-14,19-20H2,1-4H3,(H,32,33). The van der Waals surface area contributed by atoms with Crippen molar-refractivity contribution in [2.45, 2.75) is 13.0 Å². The monoisotopic (exact) mass is 508 g/mol. The number of nitrogens with zero attached hydrogens (tertiary/aromatic N) is 5. The molecule has 2 aromatic heterocycles. The maximum absolute atomic E-state index is 12.9. The minimum atomic E-state index is 0.105. The van der Waals surface area contributed by atoms with E-state index in [1.165, 1.54) is 16.8 Å². The molecule has 7 nitrogen and oxygen atoms in total. The molecule has 4 aromatic rings. The van der Waals surface area contributed by atoms with Crippen molar-refractivity contribution < 1.29 is 4.79 Å². The van der Waals surface area contributed by atoms with Gasteiger partial charge in [0, 0.05) is 85.5 Å². The number of likely N-dealkylation sites (N-methyl/N-ethyl adjacent to an activating group) is 2. The highest BCUT2D eigenvalue weighted by Crippen LogP contribution is 2.33. The van der Waals surface area contributed by atoms with Crippen LogP contribution in [-0.4, -0.2) is 97.0 Å². The van der Waals surface area contributed by atoms with Gasteiger partial charge in [0.2, 0.25) is 0 Å². The van der Waals surface area contributed by atoms with E-state index in [0.717, 1.165) is 72.6 Å². The van der Waals surface area contributed by atoms with Gasteiger partial charge in [-0.2, -0.15) is 0 Å². The van der Waals surface area contributed by atoms with E-state index in [1.54, 1.807) is 0 Å². The molecule has 2 aliphatic rings. The fourth-order valence-corrected chi connectivity index (χ4v) is 5.56. The molecular weight excluding hydrogens is 472 g/mol. The Hall–Kier alpha value is -3.68. The van der Waals surface area contributed by atoms with Gasteiger partial charge in [0.05, 0.1) is 0 Å². The summed E-state index contributed by atoms with van der Waals surface area (Å²) in [7, 11) is 6.31. The summed E-state index contributed by atoms with van der Waals surface area (Å²) in [6.45, 7) is 8.12. The molecule has 0 radical (unpaired) electrons. The molecule has 7 heteroatoms. The Morgan fingerprint density at radius 1 is 0.947 bits per heavy atom. The van der Waals surface area contributed by atoms with Crippen molar-refractivity contribution in [1.29, 1.82) is 0 Å². The number of fused-ring (bicyclic) bond motifs is 1. The van der Waals surface area contributed by atoms with E-state index in [-0.39, 0.29) is 5.91 Å². The number of hydrogen-bond acceptors (Lipinski definition) is 5. The number of aryl methyl sites for hydroxylation is 1. The van der Waals surface area contributed by atoms with Crippen molar-refractivity contribution in [3.63, 3.8) is 0 Å². The molecule has 0 aliphatic carbocycles. The number of aromatic amines is 1. The summed E-state index contributed by atoms with van der Waals surface area (Å²) >= 11 is 0. The zero-order chi connectivity index (χ0) is 26.4. The van der Waals surface area contributed by atoms with Gasteiger partial charge in [-0.05, 0) is 75.1 Å². The Balaban J connectivity index is 1.23. The van der Waals surface area contributed by atoms with E-state index in [4.69, 9.17) is 4.98 Å². The molecule has 2 fully saturated rings. The van der Waals surface area contributed by atoms with Crippen LogP contribution in [0.3, 0.4) is 0 Å². The van der Waals surface area contributed by atoms with Crippen molar-refractivity contribution in [2.75, 3.05) is 65.3 Å². The summed E-state index contributed by atoms with van der Waals surface area (Å²) in [5.41, 5.74) is 8.66. The first kappa shape index (κ1) is 24.6. The fourth-order valence-electron chi connectivity index (χ4n) is 5.56. The third-order valence-corrected chi connectivity index (χ3v) is 8.23. The smallest absolute Gasteiger partial charge is 0.253 e. The van der Waals surface area contributed by atoms with Crippen LogP contribution in [0.25, 0.3) is 33.3 Å². The van der Waals surface area contributed by atoms with Crippen LogP contribution in [0, 0.1) is 6.92 Å². The van der Waals surface area contributed by atoms with Crippen molar-refractivity contribution in [3.05, 3.63) is 72.1 Å². The predicted octanol–water partition coefficient (Wildman–Crippen LogP) is 4.34. The first-order valence-corrected chi connectivity index (χ1v) is 13.4. The summed E-state index contributed by atoms with van der Waals surface area (Å²) in [5.74, 6) is 0.105. The first-order valence-electron chi connectivity index (χ1n) is 13.4. The highest BCUT2D eigenvalue weighted by molar-refractivity contribution is 5.98. The molecule has 0 saturated carbocycles. The van der Waals surface area contributed by atoms with Gasteiger partial charge in [-0.3, -0.25) is 4.79 Å². The molecule has 1 N–H and O–H groups in total. The number of carbonyl (C=O) groups is 1. The van der Waals surface area contributed by atoms with E-state index in [9.17, 15) is 4.79 Å². The SMILES string of the molecule is Cc1cc(-c2cnc3[nH]cc(-c4ccc(C(=O)N5CC(N(C)C)C5)cc4)c3c2)ccc1N1CCN(C)CC1. The molecule has 0 unspecified atom stereocenters. The minimum absolute atomic E-state index is 0.105. The third-order valence-electron chi connectivity index (χ3n) is 8.23. The number of rotatable bonds is 5. The van der Waals surface area contributed by atoms with Crippen LogP contribution in [0.4, 0.5) is 5.69 Å². The summed E-state index contributed by atoms with van der Waals surface area (Å²) in [4.78, 5) is 29.9. The Bertz CT molecular complexity index is 1460. The number of pyridine rings is 1. The molecule has 6 rings (SSSR count). The van der Waals surface area contributed by atoms with Gasteiger partial charge in [0.15, 0.2) is 0 Å². The molecule has 0 bridgehead atoms. The molecule has 2 saturated heterocycles. The van der Waals surface area contributed by atoms with Gasteiger partial charge >= 0.3 is 0 Å². The highest BCUT2D eigenvalue weighted by atomic mass is 16.2. The van der Waals surface area contributed by atoms with E-state index >= 15 is 0 Å². The molecule has 196 valence electrons. The molecule has 1 amide bonds. The number of carbonyl (C=O) groups excluding carboxylic acids is 1. The second-order valence-corrected chi connectivity index (χ2v) is 11.0. The second kappa shape index (κ2) is 9.89. The Morgan fingerprint density at radius 3 is 2.34 bits per heavy atom. The first-order chi connectivity index (χ1) is 18.4. The highest BCUT2D eigenvalue weighted by Gasteiger charge is 2.32. The second-order valence-electron chi connectivity index (χ2n) is 11.0. The van der Waals surface area contributed by atoms with Gasteiger partial charge in [0.1, 0.15) is 5.65 Å². The minimum Gasteiger partial charge on any atom is -0.369 e. The summed E-state index contributed by atoms with van der Waals surface area (Å²) in [6, 6.07) is 17.4. The molecule has 0 atom stereocenters. The van der Waals surface area contributed by atoms with Crippen LogP contribution in [0.5, 0.6) is 0 Å². The Morgan fingerprint density at radius 2 is 1.66 bits per heavy atom. The van der Waals surface area contributed by atoms with Crippen LogP contribution in [-0.2, 0) is 0 Å². The maximum atomic E-state index is 12.9. The van der Waals surface area contributed by atoms with E-state index in [1.807, 2.05) is 41.6 Å². The number of aromatic nitrogens is 2. The zero-order valence-corrected chi connectivity index (χ0v) is 22.7. The van der Waals surface area contributed by atoms with Crippen molar-refractivity contribution in [2.24, 2.45) is 0 Å². The van der Waals surface area contributed by atoms with Gasteiger partial charge in [-0.15, -0.1) is 0 Å². The van der Waals surface area contributed by atoms with Crippen molar-refractivity contribution in [1.82, 2.24) is 24.7 Å². The van der Waals surface area contributed by atoms with Crippen molar-refractivity contribution in [3.8, 4) is 22.3 Å². The number of piperazine rings is 1. The number of hydrogen-bond donors (Lipinski definition) is 1. The third kappa shape index (κ3) is 4.57. The molecular formula is C31H36N6O. The lowest BCUT2D eigenvalue weighted by atomic mass is 9.99. The van der Waals surface area contributed by atoms with Crippen LogP contribution >= 0.6 is 0 Å². The fraction of sp³-hybridized carbons (Fsp3) is 0.355. The lowest BCUT2D eigenvalue weighted by Crippen LogP contribution is -2.59. The predicted molar refractivity (Wildman–Crippen MR) is 155 cm³/mol. The van der Waals surface area contributed by atoms with E-state index < -0.39 is 0 Å². The quantitative estimate of drug-likeness (QED) is 0.435. The number of nitrogens with one attached hydrogen (secondary N) is 1. The van der Waals surface area contributed by atoms with Crippen molar-refractivity contribution >= 4 is 22.6 Å². The molecule has 4 heterocycles. The average molecular weight is 509 g/mol. The van der Waals surface area contributed by atoms with Gasteiger partial charge in [-0.25, -0.2) is 4.98 Å². The summed E-state index contributed by atoms with van der Waals surface area (Å²) in [6.07, 6.45) is 3.96. The molecule has 2 aliphatic heterocycles.